The van der Waals surface area contributed by atoms with Gasteiger partial charge in [0.2, 0.25) is 5.28 Å². The molecule has 112 valence electrons. The molecule has 1 unspecified atom stereocenters. The Hall–Kier alpha value is -1.44. The van der Waals surface area contributed by atoms with Gasteiger partial charge in [-0.2, -0.15) is 4.98 Å². The number of carbonyl (C=O) groups is 1. The molecule has 1 aromatic heterocycles. The van der Waals surface area contributed by atoms with Crippen molar-refractivity contribution in [3.63, 3.8) is 0 Å². The standard InChI is InChI=1S/C13H15ClN4O3/c1-17-10-9(4-15-12(14)16-10)18(8-5-21-6-8)11(19)13(17)2-3-20-7-13/h4,8H,2-3,5-7H2,1H3. The number of hydrogen-bond acceptors (Lipinski definition) is 6. The molecule has 0 saturated carbocycles. The maximum Gasteiger partial charge on any atom is 0.255 e. The van der Waals surface area contributed by atoms with E-state index in [2.05, 4.69) is 9.97 Å². The summed E-state index contributed by atoms with van der Waals surface area (Å²) in [7, 11) is 1.86. The molecule has 8 heteroatoms. The Bertz CT molecular complexity index is 601. The van der Waals surface area contributed by atoms with Gasteiger partial charge in [-0.15, -0.1) is 0 Å². The third-order valence-corrected chi connectivity index (χ3v) is 4.73. The molecule has 3 aliphatic rings. The molecule has 0 N–H and O–H groups in total. The normalized spacial score (nSPS) is 29.0. The van der Waals surface area contributed by atoms with E-state index in [1.54, 1.807) is 11.1 Å². The van der Waals surface area contributed by atoms with Crippen molar-refractivity contribution >= 4 is 29.0 Å². The van der Waals surface area contributed by atoms with Gasteiger partial charge in [0.05, 0.1) is 32.1 Å². The zero-order valence-corrected chi connectivity index (χ0v) is 12.3. The van der Waals surface area contributed by atoms with Gasteiger partial charge in [-0.1, -0.05) is 0 Å². The van der Waals surface area contributed by atoms with Crippen LogP contribution in [0.1, 0.15) is 6.42 Å². The molecule has 0 bridgehead atoms. The molecule has 21 heavy (non-hydrogen) atoms. The summed E-state index contributed by atoms with van der Waals surface area (Å²) >= 11 is 5.94. The molecular formula is C13H15ClN4O3. The number of halogens is 1. The van der Waals surface area contributed by atoms with Gasteiger partial charge in [0, 0.05) is 20.1 Å². The average Bonchev–Trinajstić information content (AvgIpc) is 2.90. The fourth-order valence-electron chi connectivity index (χ4n) is 3.16. The molecule has 2 fully saturated rings. The van der Waals surface area contributed by atoms with Crippen LogP contribution < -0.4 is 9.80 Å². The molecule has 4 heterocycles. The van der Waals surface area contributed by atoms with Crippen LogP contribution in [0.5, 0.6) is 0 Å². The highest BCUT2D eigenvalue weighted by molar-refractivity contribution is 6.28. The first-order valence-electron chi connectivity index (χ1n) is 6.89. The van der Waals surface area contributed by atoms with Crippen LogP contribution in [-0.2, 0) is 14.3 Å². The molecule has 1 spiro atoms. The minimum absolute atomic E-state index is 0.0344. The highest BCUT2D eigenvalue weighted by Crippen LogP contribution is 2.43. The summed E-state index contributed by atoms with van der Waals surface area (Å²) in [5.74, 6) is 0.709. The van der Waals surface area contributed by atoms with E-state index in [1.807, 2.05) is 11.9 Å². The first-order chi connectivity index (χ1) is 10.1. The van der Waals surface area contributed by atoms with Crippen molar-refractivity contribution in [2.24, 2.45) is 0 Å². The number of amides is 1. The molecule has 1 amide bonds. The van der Waals surface area contributed by atoms with E-state index in [9.17, 15) is 4.79 Å². The van der Waals surface area contributed by atoms with E-state index < -0.39 is 5.54 Å². The van der Waals surface area contributed by atoms with Crippen LogP contribution in [0.15, 0.2) is 6.20 Å². The van der Waals surface area contributed by atoms with Crippen LogP contribution in [-0.4, -0.2) is 60.9 Å². The zero-order chi connectivity index (χ0) is 14.6. The summed E-state index contributed by atoms with van der Waals surface area (Å²) < 4.78 is 10.8. The number of nitrogens with zero attached hydrogens (tertiary/aromatic N) is 4. The van der Waals surface area contributed by atoms with Gasteiger partial charge >= 0.3 is 0 Å². The van der Waals surface area contributed by atoms with E-state index in [1.165, 1.54) is 0 Å². The molecule has 0 radical (unpaired) electrons. The molecule has 0 aliphatic carbocycles. The van der Waals surface area contributed by atoms with Crippen molar-refractivity contribution in [2.75, 3.05) is 43.3 Å². The number of carbonyl (C=O) groups excluding carboxylic acids is 1. The topological polar surface area (TPSA) is 67.8 Å². The van der Waals surface area contributed by atoms with Crippen LogP contribution in [0.25, 0.3) is 0 Å². The summed E-state index contributed by atoms with van der Waals surface area (Å²) in [6, 6.07) is 0.0344. The minimum Gasteiger partial charge on any atom is -0.378 e. The van der Waals surface area contributed by atoms with Gasteiger partial charge < -0.3 is 14.4 Å². The second-order valence-electron chi connectivity index (χ2n) is 5.61. The van der Waals surface area contributed by atoms with Crippen molar-refractivity contribution in [3.05, 3.63) is 11.5 Å². The lowest BCUT2D eigenvalue weighted by Gasteiger charge is -2.49. The molecule has 7 nitrogen and oxygen atoms in total. The van der Waals surface area contributed by atoms with Crippen molar-refractivity contribution in [1.82, 2.24) is 9.97 Å². The number of ether oxygens (including phenoxy) is 2. The smallest absolute Gasteiger partial charge is 0.255 e. The molecular weight excluding hydrogens is 296 g/mol. The van der Waals surface area contributed by atoms with Crippen LogP contribution in [0.3, 0.4) is 0 Å². The fraction of sp³-hybridized carbons (Fsp3) is 0.615. The molecule has 1 aromatic rings. The van der Waals surface area contributed by atoms with Crippen molar-refractivity contribution in [1.29, 1.82) is 0 Å². The monoisotopic (exact) mass is 310 g/mol. The lowest BCUT2D eigenvalue weighted by atomic mass is 9.90. The molecule has 3 aliphatic heterocycles. The van der Waals surface area contributed by atoms with Crippen LogP contribution in [0.4, 0.5) is 11.5 Å². The predicted octanol–water partition coefficient (Wildman–Crippen LogP) is 0.471. The fourth-order valence-corrected chi connectivity index (χ4v) is 3.29. The number of rotatable bonds is 1. The van der Waals surface area contributed by atoms with E-state index in [0.29, 0.717) is 44.4 Å². The Labute approximate surface area is 126 Å². The molecule has 1 atom stereocenters. The van der Waals surface area contributed by atoms with Crippen LogP contribution in [0, 0.1) is 0 Å². The predicted molar refractivity (Wildman–Crippen MR) is 75.7 cm³/mol. The Morgan fingerprint density at radius 3 is 2.86 bits per heavy atom. The third kappa shape index (κ3) is 1.71. The minimum atomic E-state index is -0.694. The quantitative estimate of drug-likeness (QED) is 0.703. The van der Waals surface area contributed by atoms with Gasteiger partial charge in [0.1, 0.15) is 11.2 Å². The Morgan fingerprint density at radius 1 is 1.43 bits per heavy atom. The lowest BCUT2D eigenvalue weighted by molar-refractivity contribution is -0.127. The summed E-state index contributed by atoms with van der Waals surface area (Å²) in [5.41, 5.74) is -0.00184. The summed E-state index contributed by atoms with van der Waals surface area (Å²) in [4.78, 5) is 25.1. The second-order valence-corrected chi connectivity index (χ2v) is 5.95. The van der Waals surface area contributed by atoms with E-state index >= 15 is 0 Å². The lowest BCUT2D eigenvalue weighted by Crippen LogP contribution is -2.67. The maximum atomic E-state index is 13.1. The number of anilines is 2. The number of hydrogen-bond donors (Lipinski definition) is 0. The Balaban J connectivity index is 1.87. The first-order valence-corrected chi connectivity index (χ1v) is 7.27. The number of fused-ring (bicyclic) bond motifs is 1. The maximum absolute atomic E-state index is 13.1. The molecule has 4 rings (SSSR count). The second kappa shape index (κ2) is 4.53. The zero-order valence-electron chi connectivity index (χ0n) is 11.6. The highest BCUT2D eigenvalue weighted by atomic mass is 35.5. The van der Waals surface area contributed by atoms with E-state index in [-0.39, 0.29) is 17.2 Å². The Kier molecular flexibility index (Phi) is 2.85. The van der Waals surface area contributed by atoms with E-state index in [4.69, 9.17) is 21.1 Å². The SMILES string of the molecule is CN1c2nc(Cl)ncc2N(C2COC2)C(=O)C12CCOC2. The van der Waals surface area contributed by atoms with E-state index in [0.717, 1.165) is 0 Å². The van der Waals surface area contributed by atoms with Gasteiger partial charge in [0.15, 0.2) is 5.82 Å². The summed E-state index contributed by atoms with van der Waals surface area (Å²) in [6.07, 6.45) is 2.26. The number of likely N-dealkylation sites (N-methyl/N-ethyl adjacent to an activating group) is 1. The summed E-state index contributed by atoms with van der Waals surface area (Å²) in [5, 5.41) is 0.175. The van der Waals surface area contributed by atoms with Crippen molar-refractivity contribution < 1.29 is 14.3 Å². The largest absolute Gasteiger partial charge is 0.378 e. The van der Waals surface area contributed by atoms with Crippen LogP contribution in [0.2, 0.25) is 5.28 Å². The molecule has 0 aromatic carbocycles. The Morgan fingerprint density at radius 2 is 2.24 bits per heavy atom. The third-order valence-electron chi connectivity index (χ3n) is 4.54. The van der Waals surface area contributed by atoms with Crippen LogP contribution >= 0.6 is 11.6 Å². The molecule has 2 saturated heterocycles. The highest BCUT2D eigenvalue weighted by Gasteiger charge is 2.55. The van der Waals surface area contributed by atoms with Gasteiger partial charge in [-0.25, -0.2) is 4.98 Å². The average molecular weight is 311 g/mol. The number of aromatic nitrogens is 2. The van der Waals surface area contributed by atoms with Gasteiger partial charge in [-0.3, -0.25) is 9.69 Å². The van der Waals surface area contributed by atoms with Gasteiger partial charge in [-0.05, 0) is 11.6 Å². The van der Waals surface area contributed by atoms with Gasteiger partial charge in [0.25, 0.3) is 5.91 Å². The van der Waals surface area contributed by atoms with Crippen molar-refractivity contribution in [3.8, 4) is 0 Å². The summed E-state index contributed by atoms with van der Waals surface area (Å²) in [6.45, 7) is 2.01. The van der Waals surface area contributed by atoms with Crippen molar-refractivity contribution in [2.45, 2.75) is 18.0 Å². The first kappa shape index (κ1) is 13.2.